The van der Waals surface area contributed by atoms with Crippen LogP contribution in [-0.2, 0) is 19.6 Å². The second kappa shape index (κ2) is 10.1. The topological polar surface area (TPSA) is 86.8 Å². The molecule has 0 spiro atoms. The number of nitrogens with zero attached hydrogens (tertiary/aromatic N) is 2. The fourth-order valence-corrected chi connectivity index (χ4v) is 5.78. The molecule has 1 saturated heterocycles. The molecule has 0 bridgehead atoms. The Labute approximate surface area is 186 Å². The molecule has 0 aromatic heterocycles. The molecule has 31 heavy (non-hydrogen) atoms. The number of carbonyl (C=O) groups excluding carboxylic acids is 2. The van der Waals surface area contributed by atoms with E-state index in [2.05, 4.69) is 5.32 Å². The molecule has 172 valence electrons. The summed E-state index contributed by atoms with van der Waals surface area (Å²) in [5.74, 6) is -0.174. The summed E-state index contributed by atoms with van der Waals surface area (Å²) in [5.41, 5.74) is 1.00. The maximum absolute atomic E-state index is 13.2. The predicted octanol–water partition coefficient (Wildman–Crippen LogP) is 2.55. The van der Waals surface area contributed by atoms with Crippen LogP contribution >= 0.6 is 0 Å². The van der Waals surface area contributed by atoms with Gasteiger partial charge in [0.15, 0.2) is 0 Å². The van der Waals surface area contributed by atoms with Gasteiger partial charge in [0.2, 0.25) is 21.8 Å². The Hall–Kier alpha value is -1.93. The van der Waals surface area contributed by atoms with Crippen LogP contribution in [0.1, 0.15) is 51.5 Å². The summed E-state index contributed by atoms with van der Waals surface area (Å²) in [7, 11) is -3.57. The highest BCUT2D eigenvalue weighted by atomic mass is 32.2. The van der Waals surface area contributed by atoms with Crippen LogP contribution in [0, 0.1) is 18.8 Å². The first-order chi connectivity index (χ1) is 14.7. The van der Waals surface area contributed by atoms with Crippen LogP contribution in [0.2, 0.25) is 0 Å². The minimum Gasteiger partial charge on any atom is -0.344 e. The third-order valence-corrected chi connectivity index (χ3v) is 8.33. The minimum absolute atomic E-state index is 0.000649. The van der Waals surface area contributed by atoms with E-state index < -0.39 is 16.1 Å². The second-order valence-corrected chi connectivity index (χ2v) is 11.0. The number of benzene rings is 1. The highest BCUT2D eigenvalue weighted by molar-refractivity contribution is 7.89. The lowest BCUT2D eigenvalue weighted by atomic mass is 9.88. The zero-order valence-electron chi connectivity index (χ0n) is 18.8. The summed E-state index contributed by atoms with van der Waals surface area (Å²) < 4.78 is 27.2. The van der Waals surface area contributed by atoms with Crippen LogP contribution in [0.25, 0.3) is 0 Å². The standard InChI is InChI=1S/C23H35N3O4S/c1-17(2)21(24-22(27)19-7-5-4-6-8-19)23(28)25-13-15-26(16-14-25)31(29,30)20-11-9-18(3)10-12-20/h9-12,17,19,21H,4-8,13-16H2,1-3H3,(H,24,27). The van der Waals surface area contributed by atoms with E-state index in [1.165, 1.54) is 10.7 Å². The van der Waals surface area contributed by atoms with Gasteiger partial charge >= 0.3 is 0 Å². The molecular formula is C23H35N3O4S. The lowest BCUT2D eigenvalue weighted by Crippen LogP contribution is -2.57. The van der Waals surface area contributed by atoms with Crippen LogP contribution in [0.5, 0.6) is 0 Å². The van der Waals surface area contributed by atoms with E-state index in [0.717, 1.165) is 31.2 Å². The molecule has 3 rings (SSSR count). The average Bonchev–Trinajstić information content (AvgIpc) is 2.77. The van der Waals surface area contributed by atoms with Gasteiger partial charge in [-0.25, -0.2) is 8.42 Å². The summed E-state index contributed by atoms with van der Waals surface area (Å²) in [4.78, 5) is 27.8. The van der Waals surface area contributed by atoms with Crippen molar-refractivity contribution in [2.24, 2.45) is 11.8 Å². The normalized spacial score (nSPS) is 19.9. The Balaban J connectivity index is 1.60. The molecule has 1 atom stereocenters. The summed E-state index contributed by atoms with van der Waals surface area (Å²) >= 11 is 0. The lowest BCUT2D eigenvalue weighted by Gasteiger charge is -2.37. The van der Waals surface area contributed by atoms with Crippen molar-refractivity contribution in [1.82, 2.24) is 14.5 Å². The predicted molar refractivity (Wildman–Crippen MR) is 120 cm³/mol. The summed E-state index contributed by atoms with van der Waals surface area (Å²) in [6.07, 6.45) is 5.08. The molecule has 1 aromatic rings. The smallest absolute Gasteiger partial charge is 0.245 e. The number of amides is 2. The molecule has 2 amide bonds. The fraction of sp³-hybridized carbons (Fsp3) is 0.652. The van der Waals surface area contributed by atoms with Gasteiger partial charge in [-0.15, -0.1) is 0 Å². The van der Waals surface area contributed by atoms with Crippen molar-refractivity contribution >= 4 is 21.8 Å². The molecular weight excluding hydrogens is 414 g/mol. The number of hydrogen-bond acceptors (Lipinski definition) is 4. The Bertz CT molecular complexity index is 869. The zero-order chi connectivity index (χ0) is 22.6. The van der Waals surface area contributed by atoms with Gasteiger partial charge < -0.3 is 10.2 Å². The monoisotopic (exact) mass is 449 g/mol. The van der Waals surface area contributed by atoms with E-state index in [0.29, 0.717) is 13.1 Å². The number of nitrogens with one attached hydrogen (secondary N) is 1. The number of piperazine rings is 1. The Morgan fingerprint density at radius 2 is 1.55 bits per heavy atom. The Morgan fingerprint density at radius 3 is 2.10 bits per heavy atom. The fourth-order valence-electron chi connectivity index (χ4n) is 4.35. The molecule has 1 N–H and O–H groups in total. The summed E-state index contributed by atoms with van der Waals surface area (Å²) in [5, 5.41) is 2.99. The Morgan fingerprint density at radius 1 is 0.968 bits per heavy atom. The van der Waals surface area contributed by atoms with Crippen molar-refractivity contribution in [3.05, 3.63) is 29.8 Å². The van der Waals surface area contributed by atoms with E-state index in [1.54, 1.807) is 29.2 Å². The molecule has 7 nitrogen and oxygen atoms in total. The first-order valence-electron chi connectivity index (χ1n) is 11.4. The van der Waals surface area contributed by atoms with Crippen molar-refractivity contribution in [2.75, 3.05) is 26.2 Å². The molecule has 1 aliphatic carbocycles. The molecule has 1 unspecified atom stereocenters. The van der Waals surface area contributed by atoms with Gasteiger partial charge in [0, 0.05) is 32.1 Å². The van der Waals surface area contributed by atoms with Gasteiger partial charge in [-0.2, -0.15) is 4.31 Å². The second-order valence-electron chi connectivity index (χ2n) is 9.11. The zero-order valence-corrected chi connectivity index (χ0v) is 19.7. The van der Waals surface area contributed by atoms with Crippen molar-refractivity contribution in [1.29, 1.82) is 0 Å². The van der Waals surface area contributed by atoms with Crippen molar-refractivity contribution in [3.63, 3.8) is 0 Å². The van der Waals surface area contributed by atoms with Crippen LogP contribution in [-0.4, -0.2) is 61.7 Å². The third-order valence-electron chi connectivity index (χ3n) is 6.42. The van der Waals surface area contributed by atoms with Gasteiger partial charge in [0.1, 0.15) is 6.04 Å². The number of rotatable bonds is 6. The van der Waals surface area contributed by atoms with Crippen LogP contribution in [0.15, 0.2) is 29.2 Å². The van der Waals surface area contributed by atoms with E-state index in [4.69, 9.17) is 0 Å². The minimum atomic E-state index is -3.57. The van der Waals surface area contributed by atoms with Crippen LogP contribution in [0.3, 0.4) is 0 Å². The first-order valence-corrected chi connectivity index (χ1v) is 12.8. The molecule has 1 saturated carbocycles. The molecule has 2 aliphatic rings. The van der Waals surface area contributed by atoms with Crippen molar-refractivity contribution in [2.45, 2.75) is 63.8 Å². The number of aryl methyl sites for hydroxylation is 1. The quantitative estimate of drug-likeness (QED) is 0.723. The first kappa shape index (κ1) is 23.7. The third kappa shape index (κ3) is 5.66. The van der Waals surface area contributed by atoms with Gasteiger partial charge in [-0.05, 0) is 37.8 Å². The van der Waals surface area contributed by atoms with E-state index in [9.17, 15) is 18.0 Å². The molecule has 0 radical (unpaired) electrons. The highest BCUT2D eigenvalue weighted by Gasteiger charge is 2.35. The van der Waals surface area contributed by atoms with Crippen LogP contribution < -0.4 is 5.32 Å². The average molecular weight is 450 g/mol. The molecule has 1 aliphatic heterocycles. The van der Waals surface area contributed by atoms with Crippen molar-refractivity contribution in [3.8, 4) is 0 Å². The van der Waals surface area contributed by atoms with Crippen LogP contribution in [0.4, 0.5) is 0 Å². The summed E-state index contributed by atoms with van der Waals surface area (Å²) in [6, 6.07) is 6.24. The molecule has 8 heteroatoms. The maximum atomic E-state index is 13.2. The molecule has 1 heterocycles. The summed E-state index contributed by atoms with van der Waals surface area (Å²) in [6.45, 7) is 6.94. The van der Waals surface area contributed by atoms with Gasteiger partial charge in [-0.3, -0.25) is 9.59 Å². The van der Waals surface area contributed by atoms with Gasteiger partial charge in [0.25, 0.3) is 0 Å². The molecule has 1 aromatic carbocycles. The van der Waals surface area contributed by atoms with Gasteiger partial charge in [-0.1, -0.05) is 50.8 Å². The number of sulfonamides is 1. The van der Waals surface area contributed by atoms with E-state index >= 15 is 0 Å². The van der Waals surface area contributed by atoms with E-state index in [-0.39, 0.29) is 41.6 Å². The van der Waals surface area contributed by atoms with Crippen molar-refractivity contribution < 1.29 is 18.0 Å². The highest BCUT2D eigenvalue weighted by Crippen LogP contribution is 2.24. The lowest BCUT2D eigenvalue weighted by molar-refractivity contribution is -0.139. The maximum Gasteiger partial charge on any atom is 0.245 e. The van der Waals surface area contributed by atoms with Gasteiger partial charge in [0.05, 0.1) is 4.90 Å². The SMILES string of the molecule is Cc1ccc(S(=O)(=O)N2CCN(C(=O)C(NC(=O)C3CCCCC3)C(C)C)CC2)cc1. The van der Waals surface area contributed by atoms with E-state index in [1.807, 2.05) is 20.8 Å². The Kier molecular flexibility index (Phi) is 7.75. The largest absolute Gasteiger partial charge is 0.344 e. The number of carbonyl (C=O) groups is 2. The number of hydrogen-bond donors (Lipinski definition) is 1. The molecule has 2 fully saturated rings.